The lowest BCUT2D eigenvalue weighted by Gasteiger charge is -2.22. The van der Waals surface area contributed by atoms with Gasteiger partial charge in [-0.15, -0.1) is 0 Å². The molecule has 0 spiro atoms. The van der Waals surface area contributed by atoms with Crippen LogP contribution in [0.25, 0.3) is 0 Å². The van der Waals surface area contributed by atoms with E-state index in [0.29, 0.717) is 0 Å². The predicted molar refractivity (Wildman–Crippen MR) is 69.4 cm³/mol. The van der Waals surface area contributed by atoms with Gasteiger partial charge in [-0.1, -0.05) is 6.07 Å². The van der Waals surface area contributed by atoms with Crippen LogP contribution in [-0.2, 0) is 10.0 Å². The fourth-order valence-electron chi connectivity index (χ4n) is 2.13. The second-order valence-corrected chi connectivity index (χ2v) is 6.35. The summed E-state index contributed by atoms with van der Waals surface area (Å²) in [6.45, 7) is 1.72. The molecule has 100 valence electrons. The molecule has 1 aromatic rings. The highest BCUT2D eigenvalue weighted by Gasteiger charge is 2.21. The van der Waals surface area contributed by atoms with Crippen LogP contribution in [0.15, 0.2) is 24.3 Å². The van der Waals surface area contributed by atoms with E-state index in [1.807, 2.05) is 0 Å². The number of sulfonamides is 1. The van der Waals surface area contributed by atoms with Crippen molar-refractivity contribution >= 4 is 15.7 Å². The van der Waals surface area contributed by atoms with Crippen molar-refractivity contribution in [1.82, 2.24) is 5.32 Å². The van der Waals surface area contributed by atoms with E-state index in [9.17, 15) is 12.8 Å². The van der Waals surface area contributed by atoms with Crippen molar-refractivity contribution in [2.45, 2.75) is 12.8 Å². The second-order valence-electron chi connectivity index (χ2n) is 4.59. The van der Waals surface area contributed by atoms with E-state index in [1.165, 1.54) is 18.2 Å². The van der Waals surface area contributed by atoms with Crippen molar-refractivity contribution in [3.8, 4) is 0 Å². The summed E-state index contributed by atoms with van der Waals surface area (Å²) in [5, 5.41) is 3.19. The Kier molecular flexibility index (Phi) is 4.19. The summed E-state index contributed by atoms with van der Waals surface area (Å²) in [6.07, 6.45) is 1.73. The van der Waals surface area contributed by atoms with Gasteiger partial charge in [-0.3, -0.25) is 4.72 Å². The second kappa shape index (κ2) is 5.67. The van der Waals surface area contributed by atoms with Gasteiger partial charge in [0.05, 0.1) is 11.4 Å². The standard InChI is InChI=1S/C12H17FN2O2S/c13-11-2-1-3-12(8-11)15-18(16,17)9-10-4-6-14-7-5-10/h1-3,8,10,14-15H,4-7,9H2. The maximum absolute atomic E-state index is 13.0. The SMILES string of the molecule is O=S(=O)(CC1CCNCC1)Nc1cccc(F)c1. The average Bonchev–Trinajstić information content (AvgIpc) is 2.28. The molecule has 1 saturated heterocycles. The van der Waals surface area contributed by atoms with Gasteiger partial charge in [0.15, 0.2) is 0 Å². The highest BCUT2D eigenvalue weighted by Crippen LogP contribution is 2.17. The number of rotatable bonds is 4. The first-order valence-electron chi connectivity index (χ1n) is 6.02. The third-order valence-corrected chi connectivity index (χ3v) is 4.47. The minimum absolute atomic E-state index is 0.102. The highest BCUT2D eigenvalue weighted by molar-refractivity contribution is 7.92. The van der Waals surface area contributed by atoms with Crippen LogP contribution in [0.2, 0.25) is 0 Å². The molecule has 0 bridgehead atoms. The topological polar surface area (TPSA) is 58.2 Å². The molecule has 1 aromatic carbocycles. The largest absolute Gasteiger partial charge is 0.317 e. The van der Waals surface area contributed by atoms with Crippen molar-refractivity contribution < 1.29 is 12.8 Å². The summed E-state index contributed by atoms with van der Waals surface area (Å²) >= 11 is 0. The Morgan fingerprint density at radius 3 is 2.72 bits per heavy atom. The molecule has 0 aromatic heterocycles. The molecule has 0 saturated carbocycles. The van der Waals surface area contributed by atoms with Gasteiger partial charge in [0.2, 0.25) is 10.0 Å². The predicted octanol–water partition coefficient (Wildman–Crippen LogP) is 1.57. The maximum atomic E-state index is 13.0. The van der Waals surface area contributed by atoms with Crippen molar-refractivity contribution in [2.75, 3.05) is 23.6 Å². The Morgan fingerprint density at radius 2 is 2.06 bits per heavy atom. The molecule has 0 unspecified atom stereocenters. The van der Waals surface area contributed by atoms with Crippen molar-refractivity contribution in [1.29, 1.82) is 0 Å². The van der Waals surface area contributed by atoms with Gasteiger partial charge in [0, 0.05) is 0 Å². The third kappa shape index (κ3) is 3.96. The fraction of sp³-hybridized carbons (Fsp3) is 0.500. The molecule has 2 rings (SSSR count). The van der Waals surface area contributed by atoms with E-state index in [4.69, 9.17) is 0 Å². The smallest absolute Gasteiger partial charge is 0.232 e. The van der Waals surface area contributed by atoms with Crippen LogP contribution in [0.4, 0.5) is 10.1 Å². The van der Waals surface area contributed by atoms with Crippen LogP contribution < -0.4 is 10.0 Å². The fourth-order valence-corrected chi connectivity index (χ4v) is 3.66. The lowest BCUT2D eigenvalue weighted by molar-refractivity contribution is 0.402. The summed E-state index contributed by atoms with van der Waals surface area (Å²) in [5.74, 6) is -0.167. The molecule has 2 N–H and O–H groups in total. The summed E-state index contributed by atoms with van der Waals surface area (Å²) in [4.78, 5) is 0. The third-order valence-electron chi connectivity index (χ3n) is 3.01. The van der Waals surface area contributed by atoms with E-state index >= 15 is 0 Å². The Bertz CT molecular complexity index is 499. The van der Waals surface area contributed by atoms with Gasteiger partial charge in [-0.25, -0.2) is 12.8 Å². The quantitative estimate of drug-likeness (QED) is 0.874. The summed E-state index contributed by atoms with van der Waals surface area (Å²) in [7, 11) is -3.40. The minimum atomic E-state index is -3.40. The molecular formula is C12H17FN2O2S. The Balaban J connectivity index is 1.98. The van der Waals surface area contributed by atoms with Crippen LogP contribution in [-0.4, -0.2) is 27.3 Å². The molecule has 4 nitrogen and oxygen atoms in total. The Labute approximate surface area is 107 Å². The lowest BCUT2D eigenvalue weighted by atomic mass is 10.0. The van der Waals surface area contributed by atoms with Gasteiger partial charge in [-0.05, 0) is 50.0 Å². The summed E-state index contributed by atoms with van der Waals surface area (Å²) < 4.78 is 39.2. The normalized spacial score (nSPS) is 17.6. The summed E-state index contributed by atoms with van der Waals surface area (Å²) in [6, 6.07) is 5.49. The van der Waals surface area contributed by atoms with E-state index in [1.54, 1.807) is 6.07 Å². The monoisotopic (exact) mass is 272 g/mol. The molecule has 18 heavy (non-hydrogen) atoms. The Morgan fingerprint density at radius 1 is 1.33 bits per heavy atom. The zero-order valence-corrected chi connectivity index (χ0v) is 10.8. The van der Waals surface area contributed by atoms with E-state index in [-0.39, 0.29) is 17.4 Å². The van der Waals surface area contributed by atoms with Gasteiger partial charge >= 0.3 is 0 Å². The molecular weight excluding hydrogens is 255 g/mol. The number of anilines is 1. The van der Waals surface area contributed by atoms with Crippen molar-refractivity contribution in [3.63, 3.8) is 0 Å². The number of hydrogen-bond donors (Lipinski definition) is 2. The minimum Gasteiger partial charge on any atom is -0.317 e. The van der Waals surface area contributed by atoms with Crippen molar-refractivity contribution in [2.24, 2.45) is 5.92 Å². The molecule has 0 radical (unpaired) electrons. The number of piperidine rings is 1. The lowest BCUT2D eigenvalue weighted by Crippen LogP contribution is -2.33. The highest BCUT2D eigenvalue weighted by atomic mass is 32.2. The van der Waals surface area contributed by atoms with E-state index in [0.717, 1.165) is 25.9 Å². The number of hydrogen-bond acceptors (Lipinski definition) is 3. The molecule has 6 heteroatoms. The van der Waals surface area contributed by atoms with Crippen LogP contribution in [0, 0.1) is 11.7 Å². The average molecular weight is 272 g/mol. The molecule has 1 fully saturated rings. The van der Waals surface area contributed by atoms with Gasteiger partial charge in [0.1, 0.15) is 5.82 Å². The number of nitrogens with one attached hydrogen (secondary N) is 2. The first kappa shape index (κ1) is 13.3. The number of benzene rings is 1. The van der Waals surface area contributed by atoms with E-state index < -0.39 is 15.8 Å². The first-order valence-corrected chi connectivity index (χ1v) is 7.67. The molecule has 1 aliphatic heterocycles. The van der Waals surface area contributed by atoms with E-state index in [2.05, 4.69) is 10.0 Å². The van der Waals surface area contributed by atoms with Crippen LogP contribution in [0.1, 0.15) is 12.8 Å². The van der Waals surface area contributed by atoms with Gasteiger partial charge in [0.25, 0.3) is 0 Å². The van der Waals surface area contributed by atoms with Gasteiger partial charge < -0.3 is 5.32 Å². The maximum Gasteiger partial charge on any atom is 0.232 e. The zero-order chi connectivity index (χ0) is 13.0. The molecule has 0 atom stereocenters. The van der Waals surface area contributed by atoms with Crippen molar-refractivity contribution in [3.05, 3.63) is 30.1 Å². The molecule has 1 heterocycles. The first-order chi connectivity index (χ1) is 8.55. The van der Waals surface area contributed by atoms with Crippen LogP contribution in [0.5, 0.6) is 0 Å². The van der Waals surface area contributed by atoms with Crippen LogP contribution in [0.3, 0.4) is 0 Å². The van der Waals surface area contributed by atoms with Gasteiger partial charge in [-0.2, -0.15) is 0 Å². The molecule has 0 amide bonds. The summed E-state index contributed by atoms with van der Waals surface area (Å²) in [5.41, 5.74) is 0.281. The Hall–Kier alpha value is -1.14. The molecule has 0 aliphatic carbocycles. The molecule has 1 aliphatic rings. The number of halogens is 1. The zero-order valence-electron chi connectivity index (χ0n) is 10.0. The van der Waals surface area contributed by atoms with Crippen LogP contribution >= 0.6 is 0 Å².